The Labute approximate surface area is 162 Å². The summed E-state index contributed by atoms with van der Waals surface area (Å²) in [5.41, 5.74) is 0.472. The molecule has 2 atom stereocenters. The standard InChI is InChI=1S/C21H33N3O3/c1-16(2)19-14-18(22-27-19)20(25)24-11-5-8-21(24)7-4-10-23(12-9-21)15-17-6-3-13-26-17/h14,16-17H,3-13,15H2,1-2H3/t17-,21-/m0/s1. The molecule has 27 heavy (non-hydrogen) atoms. The molecule has 1 aromatic heterocycles. The van der Waals surface area contributed by atoms with E-state index in [0.29, 0.717) is 11.8 Å². The van der Waals surface area contributed by atoms with Gasteiger partial charge in [0.15, 0.2) is 5.69 Å². The Hall–Kier alpha value is -1.40. The fraction of sp³-hybridized carbons (Fsp3) is 0.810. The molecule has 3 fully saturated rings. The molecule has 0 aliphatic carbocycles. The minimum atomic E-state index is -0.000684. The summed E-state index contributed by atoms with van der Waals surface area (Å²) in [5.74, 6) is 1.08. The van der Waals surface area contributed by atoms with Crippen molar-refractivity contribution in [2.45, 2.75) is 76.4 Å². The normalized spacial score (nSPS) is 29.7. The Morgan fingerprint density at radius 2 is 2.04 bits per heavy atom. The van der Waals surface area contributed by atoms with Crippen molar-refractivity contribution in [1.29, 1.82) is 0 Å². The topological polar surface area (TPSA) is 58.8 Å². The summed E-state index contributed by atoms with van der Waals surface area (Å²) in [6.45, 7) is 9.09. The maximum absolute atomic E-state index is 13.2. The molecule has 0 unspecified atom stereocenters. The number of carbonyl (C=O) groups excluding carboxylic acids is 1. The van der Waals surface area contributed by atoms with Crippen molar-refractivity contribution in [1.82, 2.24) is 15.0 Å². The SMILES string of the molecule is CC(C)c1cc(C(=O)N2CCC[C@]23CCCN(C[C@@H]2CCCO2)CC3)no1. The molecule has 3 saturated heterocycles. The predicted octanol–water partition coefficient (Wildman–Crippen LogP) is 3.44. The molecule has 4 rings (SSSR count). The fourth-order valence-corrected chi connectivity index (χ4v) is 5.07. The summed E-state index contributed by atoms with van der Waals surface area (Å²) in [6, 6.07) is 1.83. The molecule has 1 amide bonds. The molecular weight excluding hydrogens is 342 g/mol. The summed E-state index contributed by atoms with van der Waals surface area (Å²) in [7, 11) is 0. The van der Waals surface area contributed by atoms with Gasteiger partial charge in [-0.1, -0.05) is 19.0 Å². The Bertz CT molecular complexity index is 653. The zero-order chi connectivity index (χ0) is 18.9. The lowest BCUT2D eigenvalue weighted by Gasteiger charge is -2.38. The first-order chi connectivity index (χ1) is 13.1. The molecule has 1 aromatic rings. The van der Waals surface area contributed by atoms with E-state index in [9.17, 15) is 4.79 Å². The first-order valence-electron chi connectivity index (χ1n) is 10.7. The molecule has 0 saturated carbocycles. The Balaban J connectivity index is 1.43. The van der Waals surface area contributed by atoms with Crippen molar-refractivity contribution in [2.75, 3.05) is 32.8 Å². The Morgan fingerprint density at radius 3 is 2.74 bits per heavy atom. The molecule has 1 spiro atoms. The van der Waals surface area contributed by atoms with Crippen LogP contribution in [0.25, 0.3) is 0 Å². The molecule has 3 aliphatic heterocycles. The predicted molar refractivity (Wildman–Crippen MR) is 103 cm³/mol. The third-order valence-electron chi connectivity index (χ3n) is 6.65. The average Bonchev–Trinajstić information content (AvgIpc) is 3.37. The highest BCUT2D eigenvalue weighted by molar-refractivity contribution is 5.93. The molecule has 0 aromatic carbocycles. The minimum absolute atomic E-state index is 0.000684. The highest BCUT2D eigenvalue weighted by Gasteiger charge is 2.45. The lowest BCUT2D eigenvalue weighted by atomic mass is 9.87. The van der Waals surface area contributed by atoms with Crippen LogP contribution >= 0.6 is 0 Å². The second-order valence-corrected chi connectivity index (χ2v) is 8.84. The Kier molecular flexibility index (Phi) is 5.55. The van der Waals surface area contributed by atoms with E-state index >= 15 is 0 Å². The van der Waals surface area contributed by atoms with Gasteiger partial charge in [0.2, 0.25) is 0 Å². The molecule has 150 valence electrons. The summed E-state index contributed by atoms with van der Waals surface area (Å²) in [4.78, 5) is 17.9. The van der Waals surface area contributed by atoms with E-state index in [1.165, 1.54) is 12.8 Å². The number of rotatable bonds is 4. The molecule has 0 bridgehead atoms. The van der Waals surface area contributed by atoms with Gasteiger partial charge in [-0.3, -0.25) is 4.79 Å². The van der Waals surface area contributed by atoms with Gasteiger partial charge in [-0.25, -0.2) is 0 Å². The molecule has 0 radical (unpaired) electrons. The van der Waals surface area contributed by atoms with Crippen LogP contribution in [0.2, 0.25) is 0 Å². The molecule has 3 aliphatic rings. The number of nitrogens with zero attached hydrogens (tertiary/aromatic N) is 3. The van der Waals surface area contributed by atoms with Crippen molar-refractivity contribution in [3.8, 4) is 0 Å². The van der Waals surface area contributed by atoms with E-state index in [1.807, 2.05) is 6.07 Å². The van der Waals surface area contributed by atoms with Gasteiger partial charge in [0.05, 0.1) is 6.10 Å². The number of ether oxygens (including phenoxy) is 1. The van der Waals surface area contributed by atoms with Crippen LogP contribution < -0.4 is 0 Å². The molecule has 6 heteroatoms. The maximum Gasteiger partial charge on any atom is 0.276 e. The smallest absolute Gasteiger partial charge is 0.276 e. The van der Waals surface area contributed by atoms with Crippen LogP contribution in [-0.2, 0) is 4.74 Å². The highest BCUT2D eigenvalue weighted by Crippen LogP contribution is 2.39. The van der Waals surface area contributed by atoms with Crippen LogP contribution in [0.3, 0.4) is 0 Å². The first-order valence-corrected chi connectivity index (χ1v) is 10.7. The van der Waals surface area contributed by atoms with E-state index in [0.717, 1.165) is 70.7 Å². The lowest BCUT2D eigenvalue weighted by molar-refractivity contribution is 0.0527. The van der Waals surface area contributed by atoms with E-state index in [4.69, 9.17) is 9.26 Å². The second kappa shape index (κ2) is 7.92. The lowest BCUT2D eigenvalue weighted by Crippen LogP contribution is -2.48. The van der Waals surface area contributed by atoms with Gasteiger partial charge < -0.3 is 19.1 Å². The van der Waals surface area contributed by atoms with E-state index in [-0.39, 0.29) is 17.4 Å². The highest BCUT2D eigenvalue weighted by atomic mass is 16.5. The van der Waals surface area contributed by atoms with Crippen LogP contribution in [-0.4, -0.2) is 65.3 Å². The minimum Gasteiger partial charge on any atom is -0.377 e. The number of aromatic nitrogens is 1. The first kappa shape index (κ1) is 18.9. The maximum atomic E-state index is 13.2. The number of amides is 1. The van der Waals surface area contributed by atoms with E-state index < -0.39 is 0 Å². The van der Waals surface area contributed by atoms with E-state index in [2.05, 4.69) is 28.8 Å². The number of hydrogen-bond donors (Lipinski definition) is 0. The Morgan fingerprint density at radius 1 is 1.22 bits per heavy atom. The third kappa shape index (κ3) is 3.92. The average molecular weight is 376 g/mol. The van der Waals surface area contributed by atoms with Gasteiger partial charge in [-0.2, -0.15) is 0 Å². The molecule has 4 heterocycles. The quantitative estimate of drug-likeness (QED) is 0.807. The van der Waals surface area contributed by atoms with Crippen molar-refractivity contribution in [3.05, 3.63) is 17.5 Å². The summed E-state index contributed by atoms with van der Waals surface area (Å²) in [6.07, 6.45) is 8.29. The number of carbonyl (C=O) groups is 1. The van der Waals surface area contributed by atoms with Gasteiger partial charge >= 0.3 is 0 Å². The van der Waals surface area contributed by atoms with Gasteiger partial charge in [0.25, 0.3) is 5.91 Å². The number of hydrogen-bond acceptors (Lipinski definition) is 5. The fourth-order valence-electron chi connectivity index (χ4n) is 5.07. The van der Waals surface area contributed by atoms with Crippen LogP contribution in [0.15, 0.2) is 10.6 Å². The van der Waals surface area contributed by atoms with Gasteiger partial charge in [0, 0.05) is 43.8 Å². The van der Waals surface area contributed by atoms with Crippen molar-refractivity contribution < 1.29 is 14.1 Å². The van der Waals surface area contributed by atoms with E-state index in [1.54, 1.807) is 0 Å². The third-order valence-corrected chi connectivity index (χ3v) is 6.65. The van der Waals surface area contributed by atoms with Gasteiger partial charge in [-0.05, 0) is 51.5 Å². The summed E-state index contributed by atoms with van der Waals surface area (Å²) in [5, 5.41) is 4.07. The molecule has 0 N–H and O–H groups in total. The van der Waals surface area contributed by atoms with Gasteiger partial charge in [0.1, 0.15) is 5.76 Å². The molecular formula is C21H33N3O3. The molecule has 6 nitrogen and oxygen atoms in total. The van der Waals surface area contributed by atoms with Crippen LogP contribution in [0.1, 0.15) is 81.0 Å². The second-order valence-electron chi connectivity index (χ2n) is 8.84. The summed E-state index contributed by atoms with van der Waals surface area (Å²) < 4.78 is 11.2. The largest absolute Gasteiger partial charge is 0.377 e. The van der Waals surface area contributed by atoms with Crippen molar-refractivity contribution in [3.63, 3.8) is 0 Å². The number of likely N-dealkylation sites (tertiary alicyclic amines) is 2. The zero-order valence-electron chi connectivity index (χ0n) is 16.8. The van der Waals surface area contributed by atoms with Crippen LogP contribution in [0.4, 0.5) is 0 Å². The zero-order valence-corrected chi connectivity index (χ0v) is 16.8. The van der Waals surface area contributed by atoms with Crippen LogP contribution in [0, 0.1) is 0 Å². The van der Waals surface area contributed by atoms with Crippen LogP contribution in [0.5, 0.6) is 0 Å². The van der Waals surface area contributed by atoms with Crippen molar-refractivity contribution >= 4 is 5.91 Å². The monoisotopic (exact) mass is 375 g/mol. The summed E-state index contributed by atoms with van der Waals surface area (Å²) >= 11 is 0. The van der Waals surface area contributed by atoms with Gasteiger partial charge in [-0.15, -0.1) is 0 Å². The van der Waals surface area contributed by atoms with Crippen molar-refractivity contribution in [2.24, 2.45) is 0 Å².